The van der Waals surface area contributed by atoms with Crippen molar-refractivity contribution in [1.82, 2.24) is 0 Å². The van der Waals surface area contributed by atoms with E-state index < -0.39 is 0 Å². The van der Waals surface area contributed by atoms with Crippen LogP contribution in [0.15, 0.2) is 24.7 Å². The maximum Gasteiger partial charge on any atom is 0.109 e. The van der Waals surface area contributed by atoms with Crippen LogP contribution in [0.3, 0.4) is 0 Å². The zero-order valence-electron chi connectivity index (χ0n) is 4.54. The number of hydrogen-bond donors (Lipinski definition) is 0. The monoisotopic (exact) mass is 112 g/mol. The predicted octanol–water partition coefficient (Wildman–Crippen LogP) is 1.06. The van der Waals surface area contributed by atoms with E-state index in [4.69, 9.17) is 9.47 Å². The molecular formula is C6H8O2. The average Bonchev–Trinajstić information content (AvgIpc) is 1.62. The maximum absolute atomic E-state index is 4.93. The molecule has 0 N–H and O–H groups in total. The lowest BCUT2D eigenvalue weighted by atomic mass is 10.6. The van der Waals surface area contributed by atoms with Gasteiger partial charge < -0.3 is 9.47 Å². The number of ether oxygens (including phenoxy) is 2. The molecule has 0 saturated carbocycles. The molecular weight excluding hydrogens is 104 g/mol. The van der Waals surface area contributed by atoms with E-state index in [1.807, 2.05) is 12.2 Å². The SMILES string of the molecule is C1=C\OC/C=C\OC/1. The first-order valence-corrected chi connectivity index (χ1v) is 2.53. The topological polar surface area (TPSA) is 18.5 Å². The predicted molar refractivity (Wildman–Crippen MR) is 30.2 cm³/mol. The molecule has 0 bridgehead atoms. The summed E-state index contributed by atoms with van der Waals surface area (Å²) in [6, 6.07) is 0. The van der Waals surface area contributed by atoms with Gasteiger partial charge in [-0.3, -0.25) is 0 Å². The Bertz CT molecular complexity index is 79.1. The van der Waals surface area contributed by atoms with E-state index in [1.54, 1.807) is 12.5 Å². The highest BCUT2D eigenvalue weighted by molar-refractivity contribution is 4.82. The normalized spacial score (nSPS) is 26.0. The van der Waals surface area contributed by atoms with Crippen molar-refractivity contribution >= 4 is 0 Å². The van der Waals surface area contributed by atoms with Crippen LogP contribution < -0.4 is 0 Å². The van der Waals surface area contributed by atoms with Crippen LogP contribution in [0.4, 0.5) is 0 Å². The van der Waals surface area contributed by atoms with Crippen LogP contribution in [-0.4, -0.2) is 13.2 Å². The highest BCUT2D eigenvalue weighted by Gasteiger charge is 1.80. The Hall–Kier alpha value is -0.920. The summed E-state index contributed by atoms with van der Waals surface area (Å²) >= 11 is 0. The van der Waals surface area contributed by atoms with Crippen LogP contribution in [0, 0.1) is 0 Å². The third-order valence-corrected chi connectivity index (χ3v) is 0.770. The van der Waals surface area contributed by atoms with Gasteiger partial charge in [-0.2, -0.15) is 0 Å². The second kappa shape index (κ2) is 3.13. The number of rotatable bonds is 0. The lowest BCUT2D eigenvalue weighted by Gasteiger charge is -1.99. The molecule has 44 valence electrons. The van der Waals surface area contributed by atoms with Crippen LogP contribution in [0.1, 0.15) is 0 Å². The summed E-state index contributed by atoms with van der Waals surface area (Å²) in [4.78, 5) is 0. The van der Waals surface area contributed by atoms with E-state index >= 15 is 0 Å². The molecule has 2 nitrogen and oxygen atoms in total. The summed E-state index contributed by atoms with van der Waals surface area (Å²) in [5.41, 5.74) is 0. The van der Waals surface area contributed by atoms with Gasteiger partial charge in [0.25, 0.3) is 0 Å². The van der Waals surface area contributed by atoms with Crippen LogP contribution in [0.5, 0.6) is 0 Å². The molecule has 0 atom stereocenters. The Labute approximate surface area is 48.4 Å². The molecule has 1 aliphatic rings. The summed E-state index contributed by atoms with van der Waals surface area (Å²) in [7, 11) is 0. The van der Waals surface area contributed by atoms with Crippen molar-refractivity contribution in [2.75, 3.05) is 13.2 Å². The first-order chi connectivity index (χ1) is 4.00. The molecule has 0 amide bonds. The third kappa shape index (κ3) is 1.69. The molecule has 2 heteroatoms. The summed E-state index contributed by atoms with van der Waals surface area (Å²) in [5.74, 6) is 0. The van der Waals surface area contributed by atoms with Crippen LogP contribution in [-0.2, 0) is 9.47 Å². The van der Waals surface area contributed by atoms with Crippen LogP contribution in [0.2, 0.25) is 0 Å². The first-order valence-electron chi connectivity index (χ1n) is 2.53. The Balaban J connectivity index is 2.29. The second-order valence-electron chi connectivity index (χ2n) is 1.41. The van der Waals surface area contributed by atoms with Gasteiger partial charge in [-0.05, 0) is 12.2 Å². The molecule has 1 heterocycles. The smallest absolute Gasteiger partial charge is 0.109 e. The molecule has 0 aliphatic carbocycles. The fraction of sp³-hybridized carbons (Fsp3) is 0.333. The second-order valence-corrected chi connectivity index (χ2v) is 1.41. The van der Waals surface area contributed by atoms with E-state index in [1.165, 1.54) is 0 Å². The molecule has 0 aromatic heterocycles. The Kier molecular flexibility index (Phi) is 2.04. The maximum atomic E-state index is 4.93. The van der Waals surface area contributed by atoms with E-state index in [0.717, 1.165) is 0 Å². The fourth-order valence-electron chi connectivity index (χ4n) is 0.437. The van der Waals surface area contributed by atoms with Gasteiger partial charge in [-0.15, -0.1) is 0 Å². The van der Waals surface area contributed by atoms with Crippen molar-refractivity contribution in [3.8, 4) is 0 Å². The quantitative estimate of drug-likeness (QED) is 0.466. The third-order valence-electron chi connectivity index (χ3n) is 0.770. The molecule has 1 aliphatic heterocycles. The molecule has 8 heavy (non-hydrogen) atoms. The van der Waals surface area contributed by atoms with Gasteiger partial charge in [0.2, 0.25) is 0 Å². The minimum absolute atomic E-state index is 0.608. The van der Waals surface area contributed by atoms with Crippen molar-refractivity contribution in [3.63, 3.8) is 0 Å². The average molecular weight is 112 g/mol. The molecule has 0 fully saturated rings. The zero-order chi connectivity index (χ0) is 5.66. The molecule has 0 saturated heterocycles. The summed E-state index contributed by atoms with van der Waals surface area (Å²) in [6.07, 6.45) is 6.93. The van der Waals surface area contributed by atoms with Crippen molar-refractivity contribution in [2.24, 2.45) is 0 Å². The van der Waals surface area contributed by atoms with Gasteiger partial charge in [0.1, 0.15) is 13.2 Å². The standard InChI is InChI=1S/C6H8O2/c1-3-7-5-2-6-8-4-1/h1-3,6H,4-5H2/b3-1-,6-2-. The highest BCUT2D eigenvalue weighted by Crippen LogP contribution is 1.87. The van der Waals surface area contributed by atoms with Gasteiger partial charge in [0, 0.05) is 0 Å². The summed E-state index contributed by atoms with van der Waals surface area (Å²) in [6.45, 7) is 1.22. The molecule has 1 rings (SSSR count). The van der Waals surface area contributed by atoms with Crippen molar-refractivity contribution in [1.29, 1.82) is 0 Å². The molecule has 0 radical (unpaired) electrons. The number of hydrogen-bond acceptors (Lipinski definition) is 2. The minimum Gasteiger partial charge on any atom is -0.497 e. The molecule has 0 spiro atoms. The van der Waals surface area contributed by atoms with E-state index in [0.29, 0.717) is 13.2 Å². The zero-order valence-corrected chi connectivity index (χ0v) is 4.54. The van der Waals surface area contributed by atoms with Gasteiger partial charge in [-0.25, -0.2) is 0 Å². The van der Waals surface area contributed by atoms with E-state index in [2.05, 4.69) is 0 Å². The molecule has 0 aromatic rings. The van der Waals surface area contributed by atoms with E-state index in [9.17, 15) is 0 Å². The van der Waals surface area contributed by atoms with E-state index in [-0.39, 0.29) is 0 Å². The highest BCUT2D eigenvalue weighted by atomic mass is 16.5. The molecule has 0 unspecified atom stereocenters. The Morgan fingerprint density at radius 1 is 0.875 bits per heavy atom. The fourth-order valence-corrected chi connectivity index (χ4v) is 0.437. The van der Waals surface area contributed by atoms with Crippen LogP contribution >= 0.6 is 0 Å². The summed E-state index contributed by atoms with van der Waals surface area (Å²) in [5, 5.41) is 0. The van der Waals surface area contributed by atoms with Gasteiger partial charge in [0.15, 0.2) is 0 Å². The lowest BCUT2D eigenvalue weighted by Crippen LogP contribution is -1.89. The van der Waals surface area contributed by atoms with Gasteiger partial charge >= 0.3 is 0 Å². The largest absolute Gasteiger partial charge is 0.497 e. The van der Waals surface area contributed by atoms with Crippen molar-refractivity contribution in [3.05, 3.63) is 24.7 Å². The minimum atomic E-state index is 0.608. The Morgan fingerprint density at radius 3 is 1.88 bits per heavy atom. The first kappa shape index (κ1) is 5.22. The van der Waals surface area contributed by atoms with Crippen molar-refractivity contribution in [2.45, 2.75) is 0 Å². The van der Waals surface area contributed by atoms with Gasteiger partial charge in [-0.1, -0.05) is 0 Å². The summed E-state index contributed by atoms with van der Waals surface area (Å²) < 4.78 is 9.85. The Morgan fingerprint density at radius 2 is 1.38 bits per heavy atom. The molecule has 0 aromatic carbocycles. The lowest BCUT2D eigenvalue weighted by molar-refractivity contribution is 0.243. The van der Waals surface area contributed by atoms with Crippen molar-refractivity contribution < 1.29 is 9.47 Å². The van der Waals surface area contributed by atoms with Gasteiger partial charge in [0.05, 0.1) is 12.5 Å². The van der Waals surface area contributed by atoms with Crippen LogP contribution in [0.25, 0.3) is 0 Å².